The molecule has 1 rings (SSSR count). The van der Waals surface area contributed by atoms with Crippen molar-refractivity contribution in [2.24, 2.45) is 11.3 Å². The van der Waals surface area contributed by atoms with Gasteiger partial charge in [0.15, 0.2) is 0 Å². The summed E-state index contributed by atoms with van der Waals surface area (Å²) in [4.78, 5) is 24.8. The molecular weight excluding hydrogens is 242 g/mol. The molecule has 0 N–H and O–H groups in total. The van der Waals surface area contributed by atoms with E-state index in [0.717, 1.165) is 25.5 Å². The van der Waals surface area contributed by atoms with E-state index in [1.165, 1.54) is 4.90 Å². The van der Waals surface area contributed by atoms with Gasteiger partial charge in [-0.3, -0.25) is 0 Å². The van der Waals surface area contributed by atoms with Crippen LogP contribution in [0.15, 0.2) is 0 Å². The number of carbonyl (C=O) groups is 2. The van der Waals surface area contributed by atoms with E-state index in [0.29, 0.717) is 0 Å². The van der Waals surface area contributed by atoms with E-state index in [2.05, 4.69) is 13.8 Å². The third-order valence-electron chi connectivity index (χ3n) is 3.76. The molecule has 0 aromatic heterocycles. The first-order valence-corrected chi connectivity index (χ1v) is 6.97. The molecule has 1 aliphatic carbocycles. The van der Waals surface area contributed by atoms with Crippen molar-refractivity contribution in [2.45, 2.75) is 65.5 Å². The normalized spacial score (nSPS) is 23.8. The van der Waals surface area contributed by atoms with Gasteiger partial charge in [-0.05, 0) is 51.4 Å². The Morgan fingerprint density at radius 1 is 1.42 bits per heavy atom. The van der Waals surface area contributed by atoms with Crippen molar-refractivity contribution < 1.29 is 14.3 Å². The minimum absolute atomic E-state index is 0.241. The summed E-state index contributed by atoms with van der Waals surface area (Å²) in [6.07, 6.45) is 3.53. The highest BCUT2D eigenvalue weighted by molar-refractivity contribution is 5.73. The standard InChI is InChI=1S/C15H27NO3/c1-14(2,3)19-13(18)16(6)12(10-17)11-7-8-15(4,5)9-11/h10-12H,7-9H2,1-6H3. The summed E-state index contributed by atoms with van der Waals surface area (Å²) in [6.45, 7) is 9.90. The highest BCUT2D eigenvalue weighted by Crippen LogP contribution is 2.42. The van der Waals surface area contributed by atoms with Crippen LogP contribution in [0, 0.1) is 11.3 Å². The van der Waals surface area contributed by atoms with E-state index in [4.69, 9.17) is 4.74 Å². The Bertz CT molecular complexity index is 344. The number of amides is 1. The van der Waals surface area contributed by atoms with Crippen LogP contribution in [0.4, 0.5) is 4.79 Å². The first kappa shape index (κ1) is 16.0. The SMILES string of the molecule is CN(C(=O)OC(C)(C)C)C(C=O)C1CCC(C)(C)C1. The van der Waals surface area contributed by atoms with Gasteiger partial charge < -0.3 is 14.4 Å². The molecule has 1 saturated carbocycles. The lowest BCUT2D eigenvalue weighted by Gasteiger charge is -2.31. The van der Waals surface area contributed by atoms with Crippen LogP contribution in [0.5, 0.6) is 0 Å². The number of rotatable bonds is 3. The maximum atomic E-state index is 12.0. The molecule has 0 bridgehead atoms. The topological polar surface area (TPSA) is 46.6 Å². The number of ether oxygens (including phenoxy) is 1. The highest BCUT2D eigenvalue weighted by atomic mass is 16.6. The highest BCUT2D eigenvalue weighted by Gasteiger charge is 2.39. The summed E-state index contributed by atoms with van der Waals surface area (Å²) in [7, 11) is 1.65. The van der Waals surface area contributed by atoms with E-state index < -0.39 is 11.7 Å². The number of carbonyl (C=O) groups excluding carboxylic acids is 2. The lowest BCUT2D eigenvalue weighted by molar-refractivity contribution is -0.113. The molecule has 1 amide bonds. The second-order valence-electron chi connectivity index (χ2n) is 7.39. The second kappa shape index (κ2) is 5.51. The van der Waals surface area contributed by atoms with Crippen LogP contribution < -0.4 is 0 Å². The molecule has 1 fully saturated rings. The molecule has 1 aliphatic rings. The van der Waals surface area contributed by atoms with E-state index in [-0.39, 0.29) is 17.4 Å². The Kier molecular flexibility index (Phi) is 4.64. The Morgan fingerprint density at radius 3 is 2.37 bits per heavy atom. The number of hydrogen-bond acceptors (Lipinski definition) is 3. The van der Waals surface area contributed by atoms with Crippen molar-refractivity contribution in [3.8, 4) is 0 Å². The fraction of sp³-hybridized carbons (Fsp3) is 0.867. The minimum Gasteiger partial charge on any atom is -0.444 e. The molecular formula is C15H27NO3. The molecule has 110 valence electrons. The molecule has 0 aliphatic heterocycles. The second-order valence-corrected chi connectivity index (χ2v) is 7.39. The number of aldehydes is 1. The summed E-state index contributed by atoms with van der Waals surface area (Å²) >= 11 is 0. The quantitative estimate of drug-likeness (QED) is 0.739. The van der Waals surface area contributed by atoms with Crippen molar-refractivity contribution in [2.75, 3.05) is 7.05 Å². The van der Waals surface area contributed by atoms with Crippen LogP contribution in [0.1, 0.15) is 53.9 Å². The Labute approximate surface area is 116 Å². The van der Waals surface area contributed by atoms with Gasteiger partial charge in [0.2, 0.25) is 0 Å². The predicted molar refractivity (Wildman–Crippen MR) is 75.0 cm³/mol. The maximum Gasteiger partial charge on any atom is 0.410 e. The average Bonchev–Trinajstić information content (AvgIpc) is 2.57. The third kappa shape index (κ3) is 4.51. The van der Waals surface area contributed by atoms with E-state index in [9.17, 15) is 9.59 Å². The lowest BCUT2D eigenvalue weighted by Crippen LogP contribution is -2.45. The summed E-state index contributed by atoms with van der Waals surface area (Å²) in [5, 5.41) is 0. The van der Waals surface area contributed by atoms with E-state index >= 15 is 0 Å². The first-order chi connectivity index (χ1) is 8.56. The molecule has 19 heavy (non-hydrogen) atoms. The van der Waals surface area contributed by atoms with E-state index in [1.807, 2.05) is 20.8 Å². The van der Waals surface area contributed by atoms with Crippen molar-refractivity contribution in [3.05, 3.63) is 0 Å². The monoisotopic (exact) mass is 269 g/mol. The van der Waals surface area contributed by atoms with E-state index in [1.54, 1.807) is 7.05 Å². The number of likely N-dealkylation sites (N-methyl/N-ethyl adjacent to an activating group) is 1. The van der Waals surface area contributed by atoms with Crippen LogP contribution in [0.25, 0.3) is 0 Å². The zero-order valence-corrected chi connectivity index (χ0v) is 13.0. The van der Waals surface area contributed by atoms with Crippen LogP contribution in [-0.4, -0.2) is 36.0 Å². The fourth-order valence-electron chi connectivity index (χ4n) is 2.76. The number of hydrogen-bond donors (Lipinski definition) is 0. The zero-order valence-electron chi connectivity index (χ0n) is 13.0. The third-order valence-corrected chi connectivity index (χ3v) is 3.76. The summed E-state index contributed by atoms with van der Waals surface area (Å²) in [5.41, 5.74) is -0.269. The molecule has 0 spiro atoms. The Balaban J connectivity index is 2.70. The van der Waals surface area contributed by atoms with Crippen LogP contribution in [0.3, 0.4) is 0 Å². The largest absolute Gasteiger partial charge is 0.444 e. The minimum atomic E-state index is -0.534. The first-order valence-electron chi connectivity index (χ1n) is 6.97. The van der Waals surface area contributed by atoms with Gasteiger partial charge in [-0.25, -0.2) is 4.79 Å². The average molecular weight is 269 g/mol. The van der Waals surface area contributed by atoms with Crippen LogP contribution in [-0.2, 0) is 9.53 Å². The van der Waals surface area contributed by atoms with Crippen molar-refractivity contribution in [1.29, 1.82) is 0 Å². The van der Waals surface area contributed by atoms with Gasteiger partial charge in [-0.15, -0.1) is 0 Å². The van der Waals surface area contributed by atoms with Gasteiger partial charge in [0.1, 0.15) is 11.9 Å². The molecule has 2 atom stereocenters. The van der Waals surface area contributed by atoms with Crippen LogP contribution in [0.2, 0.25) is 0 Å². The summed E-state index contributed by atoms with van der Waals surface area (Å²) < 4.78 is 5.32. The number of nitrogens with zero attached hydrogens (tertiary/aromatic N) is 1. The Morgan fingerprint density at radius 2 is 2.00 bits per heavy atom. The molecule has 0 aromatic rings. The van der Waals surface area contributed by atoms with Crippen LogP contribution >= 0.6 is 0 Å². The smallest absolute Gasteiger partial charge is 0.410 e. The molecule has 0 aromatic carbocycles. The summed E-state index contributed by atoms with van der Waals surface area (Å²) in [5.74, 6) is 0.241. The van der Waals surface area contributed by atoms with Gasteiger partial charge in [-0.2, -0.15) is 0 Å². The molecule has 2 unspecified atom stereocenters. The van der Waals surface area contributed by atoms with Crippen molar-refractivity contribution >= 4 is 12.4 Å². The van der Waals surface area contributed by atoms with Crippen molar-refractivity contribution in [3.63, 3.8) is 0 Å². The van der Waals surface area contributed by atoms with Gasteiger partial charge in [-0.1, -0.05) is 13.8 Å². The molecule has 0 radical (unpaired) electrons. The fourth-order valence-corrected chi connectivity index (χ4v) is 2.76. The van der Waals surface area contributed by atoms with Gasteiger partial charge >= 0.3 is 6.09 Å². The molecule has 4 heteroatoms. The molecule has 0 saturated heterocycles. The molecule has 0 heterocycles. The molecule has 4 nitrogen and oxygen atoms in total. The summed E-state index contributed by atoms with van der Waals surface area (Å²) in [6, 6.07) is -0.378. The Hall–Kier alpha value is -1.06. The van der Waals surface area contributed by atoms with Gasteiger partial charge in [0.05, 0.1) is 6.04 Å². The lowest BCUT2D eigenvalue weighted by atomic mass is 9.88. The predicted octanol–water partition coefficient (Wildman–Crippen LogP) is 3.25. The maximum absolute atomic E-state index is 12.0. The zero-order chi connectivity index (χ0) is 14.8. The van der Waals surface area contributed by atoms with Gasteiger partial charge in [0, 0.05) is 7.05 Å². The van der Waals surface area contributed by atoms with Crippen molar-refractivity contribution in [1.82, 2.24) is 4.90 Å². The van der Waals surface area contributed by atoms with Gasteiger partial charge in [0.25, 0.3) is 0 Å².